The molecular weight excluding hydrogens is 260 g/mol. The Morgan fingerprint density at radius 2 is 2.20 bits per heavy atom. The topological polar surface area (TPSA) is 80.5 Å². The van der Waals surface area contributed by atoms with Crippen LogP contribution in [0.1, 0.15) is 36.2 Å². The van der Waals surface area contributed by atoms with E-state index in [1.165, 1.54) is 17.0 Å². The SMILES string of the molecule is CCC(=O)C(C)N1CCc2ccc([N+](=O)[O-])cc2C1=O. The fourth-order valence-corrected chi connectivity index (χ4v) is 2.43. The quantitative estimate of drug-likeness (QED) is 0.622. The summed E-state index contributed by atoms with van der Waals surface area (Å²) >= 11 is 0. The van der Waals surface area contributed by atoms with Crippen LogP contribution in [-0.2, 0) is 11.2 Å². The van der Waals surface area contributed by atoms with Crippen LogP contribution in [-0.4, -0.2) is 34.1 Å². The number of Topliss-reactive ketones (excluding diaryl/α,β-unsaturated/α-hetero) is 1. The van der Waals surface area contributed by atoms with Crippen molar-refractivity contribution < 1.29 is 14.5 Å². The lowest BCUT2D eigenvalue weighted by Crippen LogP contribution is -2.46. The van der Waals surface area contributed by atoms with Gasteiger partial charge in [-0.1, -0.05) is 13.0 Å². The van der Waals surface area contributed by atoms with Gasteiger partial charge in [-0.3, -0.25) is 19.7 Å². The van der Waals surface area contributed by atoms with E-state index in [4.69, 9.17) is 0 Å². The molecule has 0 radical (unpaired) electrons. The zero-order valence-electron chi connectivity index (χ0n) is 11.5. The Labute approximate surface area is 116 Å². The highest BCUT2D eigenvalue weighted by atomic mass is 16.6. The van der Waals surface area contributed by atoms with Crippen molar-refractivity contribution in [1.82, 2.24) is 4.90 Å². The fourth-order valence-electron chi connectivity index (χ4n) is 2.43. The molecule has 1 aromatic carbocycles. The van der Waals surface area contributed by atoms with E-state index >= 15 is 0 Å². The van der Waals surface area contributed by atoms with Gasteiger partial charge >= 0.3 is 0 Å². The third-order valence-corrected chi connectivity index (χ3v) is 3.70. The lowest BCUT2D eigenvalue weighted by Gasteiger charge is -2.32. The standard InChI is InChI=1S/C14H16N2O4/c1-3-13(17)9(2)15-7-6-10-4-5-11(16(19)20)8-12(10)14(15)18/h4-5,8-9H,3,6-7H2,1-2H3. The molecule has 1 aromatic rings. The van der Waals surface area contributed by atoms with Crippen LogP contribution in [0.25, 0.3) is 0 Å². The molecule has 6 nitrogen and oxygen atoms in total. The van der Waals surface area contributed by atoms with Crippen molar-refractivity contribution in [3.05, 3.63) is 39.4 Å². The molecular formula is C14H16N2O4. The molecule has 1 aliphatic heterocycles. The molecule has 6 heteroatoms. The van der Waals surface area contributed by atoms with Gasteiger partial charge < -0.3 is 4.90 Å². The molecule has 0 aliphatic carbocycles. The van der Waals surface area contributed by atoms with Gasteiger partial charge in [-0.05, 0) is 18.9 Å². The molecule has 0 spiro atoms. The Hall–Kier alpha value is -2.24. The van der Waals surface area contributed by atoms with E-state index in [9.17, 15) is 19.7 Å². The zero-order chi connectivity index (χ0) is 14.9. The second kappa shape index (κ2) is 5.40. The van der Waals surface area contributed by atoms with Gasteiger partial charge in [-0.25, -0.2) is 0 Å². The first-order valence-corrected chi connectivity index (χ1v) is 6.56. The first-order valence-electron chi connectivity index (χ1n) is 6.56. The van der Waals surface area contributed by atoms with E-state index in [1.807, 2.05) is 0 Å². The van der Waals surface area contributed by atoms with Gasteiger partial charge in [0.15, 0.2) is 5.78 Å². The first-order chi connectivity index (χ1) is 9.45. The van der Waals surface area contributed by atoms with Crippen LogP contribution in [0.2, 0.25) is 0 Å². The van der Waals surface area contributed by atoms with Gasteiger partial charge in [0.05, 0.1) is 11.0 Å². The number of carbonyl (C=O) groups is 2. The van der Waals surface area contributed by atoms with Gasteiger partial charge in [0, 0.05) is 30.7 Å². The van der Waals surface area contributed by atoms with Crippen molar-refractivity contribution in [2.45, 2.75) is 32.7 Å². The van der Waals surface area contributed by atoms with Crippen molar-refractivity contribution in [3.63, 3.8) is 0 Å². The number of hydrogen-bond donors (Lipinski definition) is 0. The van der Waals surface area contributed by atoms with Crippen LogP contribution >= 0.6 is 0 Å². The van der Waals surface area contributed by atoms with Crippen molar-refractivity contribution in [3.8, 4) is 0 Å². The molecule has 1 atom stereocenters. The second-order valence-electron chi connectivity index (χ2n) is 4.84. The lowest BCUT2D eigenvalue weighted by atomic mass is 9.96. The third-order valence-electron chi connectivity index (χ3n) is 3.70. The summed E-state index contributed by atoms with van der Waals surface area (Å²) in [4.78, 5) is 35.9. The number of fused-ring (bicyclic) bond motifs is 1. The van der Waals surface area contributed by atoms with Crippen LogP contribution < -0.4 is 0 Å². The highest BCUT2D eigenvalue weighted by Crippen LogP contribution is 2.25. The minimum atomic E-state index is -0.521. The van der Waals surface area contributed by atoms with E-state index in [0.717, 1.165) is 5.56 Å². The summed E-state index contributed by atoms with van der Waals surface area (Å²) in [7, 11) is 0. The maximum Gasteiger partial charge on any atom is 0.270 e. The van der Waals surface area contributed by atoms with Crippen molar-refractivity contribution >= 4 is 17.4 Å². The minimum Gasteiger partial charge on any atom is -0.329 e. The van der Waals surface area contributed by atoms with E-state index in [2.05, 4.69) is 0 Å². The van der Waals surface area contributed by atoms with Crippen molar-refractivity contribution in [1.29, 1.82) is 0 Å². The molecule has 0 saturated heterocycles. The average Bonchev–Trinajstić information content (AvgIpc) is 2.45. The number of non-ortho nitro benzene ring substituents is 1. The Balaban J connectivity index is 2.34. The number of carbonyl (C=O) groups excluding carboxylic acids is 2. The monoisotopic (exact) mass is 276 g/mol. The molecule has 2 rings (SSSR count). The van der Waals surface area contributed by atoms with Crippen LogP contribution in [0.5, 0.6) is 0 Å². The van der Waals surface area contributed by atoms with Crippen molar-refractivity contribution in [2.24, 2.45) is 0 Å². The summed E-state index contributed by atoms with van der Waals surface area (Å²) in [5, 5.41) is 10.8. The van der Waals surface area contributed by atoms with Crippen LogP contribution in [0.4, 0.5) is 5.69 Å². The maximum absolute atomic E-state index is 12.4. The van der Waals surface area contributed by atoms with E-state index in [1.54, 1.807) is 19.9 Å². The molecule has 0 aromatic heterocycles. The smallest absolute Gasteiger partial charge is 0.270 e. The summed E-state index contributed by atoms with van der Waals surface area (Å²) in [6, 6.07) is 3.84. The molecule has 1 amide bonds. The van der Waals surface area contributed by atoms with Crippen LogP contribution in [0.3, 0.4) is 0 Å². The zero-order valence-corrected chi connectivity index (χ0v) is 11.5. The van der Waals surface area contributed by atoms with Gasteiger partial charge in [0.2, 0.25) is 0 Å². The normalized spacial score (nSPS) is 15.7. The number of benzene rings is 1. The molecule has 20 heavy (non-hydrogen) atoms. The Kier molecular flexibility index (Phi) is 3.83. The summed E-state index contributed by atoms with van der Waals surface area (Å²) in [6.45, 7) is 3.93. The number of nitro benzene ring substituents is 1. The van der Waals surface area contributed by atoms with Crippen LogP contribution in [0, 0.1) is 10.1 Å². The molecule has 0 bridgehead atoms. The molecule has 1 aliphatic rings. The Morgan fingerprint density at radius 3 is 2.80 bits per heavy atom. The van der Waals surface area contributed by atoms with E-state index in [0.29, 0.717) is 24.9 Å². The molecule has 0 fully saturated rings. The van der Waals surface area contributed by atoms with Gasteiger partial charge in [-0.15, -0.1) is 0 Å². The molecule has 106 valence electrons. The molecule has 1 heterocycles. The average molecular weight is 276 g/mol. The summed E-state index contributed by atoms with van der Waals surface area (Å²) in [6.07, 6.45) is 0.979. The van der Waals surface area contributed by atoms with Gasteiger partial charge in [0.25, 0.3) is 11.6 Å². The second-order valence-corrected chi connectivity index (χ2v) is 4.84. The number of rotatable bonds is 4. The van der Waals surface area contributed by atoms with Crippen LogP contribution in [0.15, 0.2) is 18.2 Å². The summed E-state index contributed by atoms with van der Waals surface area (Å²) in [5.74, 6) is -0.309. The minimum absolute atomic E-state index is 0.00719. The highest BCUT2D eigenvalue weighted by molar-refractivity contribution is 6.00. The predicted molar refractivity (Wildman–Crippen MR) is 72.6 cm³/mol. The number of ketones is 1. The largest absolute Gasteiger partial charge is 0.329 e. The van der Waals surface area contributed by atoms with Gasteiger partial charge in [0.1, 0.15) is 0 Å². The fraction of sp³-hybridized carbons (Fsp3) is 0.429. The molecule has 1 unspecified atom stereocenters. The Bertz CT molecular complexity index is 583. The number of nitro groups is 1. The third kappa shape index (κ3) is 2.41. The predicted octanol–water partition coefficient (Wildman–Crippen LogP) is 1.96. The molecule has 0 N–H and O–H groups in total. The van der Waals surface area contributed by atoms with E-state index in [-0.39, 0.29) is 17.4 Å². The summed E-state index contributed by atoms with van der Waals surface area (Å²) in [5.41, 5.74) is 1.03. The Morgan fingerprint density at radius 1 is 1.50 bits per heavy atom. The molecule has 0 saturated carbocycles. The lowest BCUT2D eigenvalue weighted by molar-refractivity contribution is -0.384. The number of amides is 1. The summed E-state index contributed by atoms with van der Waals surface area (Å²) < 4.78 is 0. The van der Waals surface area contributed by atoms with Crippen molar-refractivity contribution in [2.75, 3.05) is 6.54 Å². The van der Waals surface area contributed by atoms with Gasteiger partial charge in [-0.2, -0.15) is 0 Å². The maximum atomic E-state index is 12.4. The number of hydrogen-bond acceptors (Lipinski definition) is 4. The van der Waals surface area contributed by atoms with E-state index < -0.39 is 11.0 Å². The first kappa shape index (κ1) is 14.2. The number of nitrogens with zero attached hydrogens (tertiary/aromatic N) is 2. The highest BCUT2D eigenvalue weighted by Gasteiger charge is 2.31.